The summed E-state index contributed by atoms with van der Waals surface area (Å²) in [4.78, 5) is 31.7. The molecule has 1 aliphatic heterocycles. The molecule has 1 aromatic heterocycles. The molecule has 34 heavy (non-hydrogen) atoms. The number of non-ortho nitro benzene ring substituents is 1. The lowest BCUT2D eigenvalue weighted by Crippen LogP contribution is -2.12. The standard InChI is InChI=1S/C24H21N3O6S/c1-14-12-25-21(15(2)23(14)32-3)13-34(31)22-11-17-10-19(7-8-20(17)26-22)33-24(28)16-5-4-6-18(9-16)27(29)30/h4-10,12H,11,13H2,1-3H3. The molecule has 2 heterocycles. The van der Waals surface area contributed by atoms with Gasteiger partial charge in [-0.1, -0.05) is 6.07 Å². The van der Waals surface area contributed by atoms with Crippen LogP contribution in [-0.2, 0) is 23.0 Å². The third-order valence-corrected chi connectivity index (χ3v) is 6.72. The van der Waals surface area contributed by atoms with E-state index in [1.54, 1.807) is 31.5 Å². The van der Waals surface area contributed by atoms with E-state index in [2.05, 4.69) is 9.98 Å². The van der Waals surface area contributed by atoms with Crippen molar-refractivity contribution < 1.29 is 23.4 Å². The molecule has 0 N–H and O–H groups in total. The molecule has 0 amide bonds. The number of carbonyl (C=O) groups is 1. The Balaban J connectivity index is 1.46. The monoisotopic (exact) mass is 479 g/mol. The number of aryl methyl sites for hydroxylation is 1. The second kappa shape index (κ2) is 9.52. The van der Waals surface area contributed by atoms with E-state index in [1.165, 1.54) is 18.2 Å². The highest BCUT2D eigenvalue weighted by molar-refractivity contribution is 8.00. The summed E-state index contributed by atoms with van der Waals surface area (Å²) in [6, 6.07) is 10.3. The van der Waals surface area contributed by atoms with Crippen LogP contribution in [0.3, 0.4) is 0 Å². The van der Waals surface area contributed by atoms with Crippen molar-refractivity contribution in [3.05, 3.63) is 86.7 Å². The zero-order valence-corrected chi connectivity index (χ0v) is 19.5. The third kappa shape index (κ3) is 4.72. The third-order valence-electron chi connectivity index (χ3n) is 5.42. The number of carbonyl (C=O) groups excluding carboxylic acids is 1. The predicted molar refractivity (Wildman–Crippen MR) is 127 cm³/mol. The number of rotatable bonds is 6. The van der Waals surface area contributed by atoms with Gasteiger partial charge in [0.2, 0.25) is 0 Å². The number of ether oxygens (including phenoxy) is 2. The van der Waals surface area contributed by atoms with Gasteiger partial charge in [0.15, 0.2) is 0 Å². The molecule has 4 rings (SSSR count). The maximum atomic E-state index is 13.0. The zero-order valence-electron chi connectivity index (χ0n) is 18.7. The van der Waals surface area contributed by atoms with E-state index in [4.69, 9.17) is 9.47 Å². The Kier molecular flexibility index (Phi) is 6.51. The van der Waals surface area contributed by atoms with Gasteiger partial charge < -0.3 is 9.47 Å². The van der Waals surface area contributed by atoms with Crippen molar-refractivity contribution in [1.29, 1.82) is 0 Å². The Hall–Kier alpha value is -3.92. The molecule has 0 spiro atoms. The first kappa shape index (κ1) is 23.2. The van der Waals surface area contributed by atoms with Gasteiger partial charge in [-0.3, -0.25) is 19.3 Å². The van der Waals surface area contributed by atoms with Crippen LogP contribution in [0, 0.1) is 24.0 Å². The summed E-state index contributed by atoms with van der Waals surface area (Å²) in [5.74, 6) is 0.512. The van der Waals surface area contributed by atoms with Crippen molar-refractivity contribution in [1.82, 2.24) is 4.98 Å². The van der Waals surface area contributed by atoms with Crippen molar-refractivity contribution in [3.63, 3.8) is 0 Å². The molecule has 1 atom stereocenters. The molecule has 9 nitrogen and oxygen atoms in total. The van der Waals surface area contributed by atoms with E-state index in [0.717, 1.165) is 28.5 Å². The van der Waals surface area contributed by atoms with Gasteiger partial charge >= 0.3 is 5.97 Å². The summed E-state index contributed by atoms with van der Waals surface area (Å²) in [5.41, 5.74) is 3.76. The molecule has 10 heteroatoms. The van der Waals surface area contributed by atoms with Gasteiger partial charge in [0, 0.05) is 35.9 Å². The largest absolute Gasteiger partial charge is 0.496 e. The van der Waals surface area contributed by atoms with E-state index in [-0.39, 0.29) is 22.8 Å². The Bertz CT molecular complexity index is 1370. The SMILES string of the molecule is COc1c(C)cnc(CS(=O)C2=Nc3ccc(OC(=O)c4cccc([N+](=O)[O-])c4)cc3C2)c1C. The predicted octanol–water partition coefficient (Wildman–Crippen LogP) is 4.37. The molecule has 1 aliphatic rings. The molecule has 0 saturated carbocycles. The topological polar surface area (TPSA) is 121 Å². The number of hydrogen-bond donors (Lipinski definition) is 0. The first-order valence-electron chi connectivity index (χ1n) is 10.3. The highest BCUT2D eigenvalue weighted by atomic mass is 32.2. The van der Waals surface area contributed by atoms with E-state index < -0.39 is 21.7 Å². The van der Waals surface area contributed by atoms with Crippen LogP contribution in [-0.4, -0.2) is 32.2 Å². The van der Waals surface area contributed by atoms with Gasteiger partial charge in [0.1, 0.15) is 16.5 Å². The molecule has 0 fully saturated rings. The number of nitro groups is 1. The fourth-order valence-electron chi connectivity index (χ4n) is 3.68. The normalized spacial score (nSPS) is 13.1. The minimum absolute atomic E-state index is 0.0733. The Morgan fingerprint density at radius 1 is 1.21 bits per heavy atom. The number of benzene rings is 2. The molecule has 0 bridgehead atoms. The maximum Gasteiger partial charge on any atom is 0.343 e. The summed E-state index contributed by atoms with van der Waals surface area (Å²) in [7, 11) is 0.201. The summed E-state index contributed by atoms with van der Waals surface area (Å²) >= 11 is 0. The molecular formula is C24H21N3O6S. The molecule has 3 aromatic rings. The van der Waals surface area contributed by atoms with Gasteiger partial charge in [0.05, 0.1) is 45.5 Å². The lowest BCUT2D eigenvalue weighted by atomic mass is 10.1. The van der Waals surface area contributed by atoms with Crippen LogP contribution in [0.5, 0.6) is 11.5 Å². The van der Waals surface area contributed by atoms with Crippen LogP contribution < -0.4 is 9.47 Å². The smallest absolute Gasteiger partial charge is 0.343 e. The molecule has 0 saturated heterocycles. The summed E-state index contributed by atoms with van der Waals surface area (Å²) in [6.45, 7) is 3.79. The maximum absolute atomic E-state index is 13.0. The van der Waals surface area contributed by atoms with E-state index in [1.807, 2.05) is 13.8 Å². The Morgan fingerprint density at radius 3 is 2.74 bits per heavy atom. The molecule has 0 aliphatic carbocycles. The van der Waals surface area contributed by atoms with Crippen LogP contribution in [0.25, 0.3) is 0 Å². The van der Waals surface area contributed by atoms with Gasteiger partial charge in [-0.25, -0.2) is 9.79 Å². The van der Waals surface area contributed by atoms with Crippen molar-refractivity contribution in [2.45, 2.75) is 26.0 Å². The lowest BCUT2D eigenvalue weighted by molar-refractivity contribution is -0.384. The average molecular weight is 480 g/mol. The summed E-state index contributed by atoms with van der Waals surface area (Å²) < 4.78 is 23.8. The highest BCUT2D eigenvalue weighted by Gasteiger charge is 2.23. The number of pyridine rings is 1. The van der Waals surface area contributed by atoms with Crippen molar-refractivity contribution in [2.24, 2.45) is 4.99 Å². The number of fused-ring (bicyclic) bond motifs is 1. The van der Waals surface area contributed by atoms with Gasteiger partial charge in [-0.15, -0.1) is 0 Å². The fraction of sp³-hybridized carbons (Fsp3) is 0.208. The summed E-state index contributed by atoms with van der Waals surface area (Å²) in [5, 5.41) is 11.4. The average Bonchev–Trinajstić information content (AvgIpc) is 3.25. The van der Waals surface area contributed by atoms with Crippen LogP contribution in [0.15, 0.2) is 53.7 Å². The molecule has 1 unspecified atom stereocenters. The van der Waals surface area contributed by atoms with Gasteiger partial charge in [0.25, 0.3) is 5.69 Å². The minimum atomic E-state index is -1.39. The first-order valence-corrected chi connectivity index (χ1v) is 11.6. The number of nitrogens with zero attached hydrogens (tertiary/aromatic N) is 3. The molecular weight excluding hydrogens is 458 g/mol. The van der Waals surface area contributed by atoms with Crippen molar-refractivity contribution in [3.8, 4) is 11.5 Å². The van der Waals surface area contributed by atoms with Gasteiger partial charge in [-0.2, -0.15) is 0 Å². The number of methoxy groups -OCH3 is 1. The number of esters is 1. The minimum Gasteiger partial charge on any atom is -0.496 e. The van der Waals surface area contributed by atoms with Crippen LogP contribution in [0.1, 0.15) is 32.7 Å². The second-order valence-electron chi connectivity index (χ2n) is 7.71. The van der Waals surface area contributed by atoms with Crippen LogP contribution in [0.4, 0.5) is 11.4 Å². The molecule has 2 aromatic carbocycles. The fourth-order valence-corrected chi connectivity index (χ4v) is 4.90. The van der Waals surface area contributed by atoms with E-state index in [0.29, 0.717) is 22.8 Å². The number of aromatic nitrogens is 1. The highest BCUT2D eigenvalue weighted by Crippen LogP contribution is 2.32. The van der Waals surface area contributed by atoms with E-state index in [9.17, 15) is 19.1 Å². The molecule has 174 valence electrons. The van der Waals surface area contributed by atoms with Crippen molar-refractivity contribution >= 4 is 33.2 Å². The zero-order chi connectivity index (χ0) is 24.4. The number of hydrogen-bond acceptors (Lipinski definition) is 8. The number of aliphatic imine (C=N–C) groups is 1. The Morgan fingerprint density at radius 2 is 2.00 bits per heavy atom. The quantitative estimate of drug-likeness (QED) is 0.223. The van der Waals surface area contributed by atoms with E-state index >= 15 is 0 Å². The van der Waals surface area contributed by atoms with Gasteiger partial charge in [-0.05, 0) is 43.7 Å². The Labute approximate surface area is 198 Å². The first-order chi connectivity index (χ1) is 16.3. The molecule has 0 radical (unpaired) electrons. The lowest BCUT2D eigenvalue weighted by Gasteiger charge is -2.12. The van der Waals surface area contributed by atoms with Crippen LogP contribution >= 0.6 is 0 Å². The summed E-state index contributed by atoms with van der Waals surface area (Å²) in [6.07, 6.45) is 2.05. The number of nitro benzene ring substituents is 1. The van der Waals surface area contributed by atoms with Crippen molar-refractivity contribution in [2.75, 3.05) is 7.11 Å². The van der Waals surface area contributed by atoms with Crippen LogP contribution in [0.2, 0.25) is 0 Å². The second-order valence-corrected chi connectivity index (χ2v) is 9.16.